The van der Waals surface area contributed by atoms with Crippen LogP contribution < -0.4 is 4.31 Å². The third-order valence-corrected chi connectivity index (χ3v) is 7.66. The summed E-state index contributed by atoms with van der Waals surface area (Å²) in [7, 11) is 1.52. The molecule has 4 aromatic rings. The van der Waals surface area contributed by atoms with Crippen molar-refractivity contribution >= 4 is 37.4 Å². The summed E-state index contributed by atoms with van der Waals surface area (Å²) >= 11 is 0. The van der Waals surface area contributed by atoms with Crippen LogP contribution in [0.3, 0.4) is 0 Å². The second kappa shape index (κ2) is 9.11. The highest BCUT2D eigenvalue weighted by molar-refractivity contribution is 7.92. The Labute approximate surface area is 197 Å². The Bertz CT molecular complexity index is 1450. The van der Waals surface area contributed by atoms with Gasteiger partial charge in [-0.3, -0.25) is 9.29 Å². The number of aromatic nitrogens is 2. The zero-order valence-electron chi connectivity index (χ0n) is 19.2. The largest absolute Gasteiger partial charge is 0.505 e. The number of hydrogen-bond donors (Lipinski definition) is 2. The average Bonchev–Trinajstić information content (AvgIpc) is 3.11. The topological polar surface area (TPSA) is 98.9 Å². The average molecular weight is 487 g/mol. The first-order chi connectivity index (χ1) is 16.1. The monoisotopic (exact) mass is 486 g/mol. The maximum atomic E-state index is 13.3. The lowest BCUT2D eigenvalue weighted by Crippen LogP contribution is -2.30. The van der Waals surface area contributed by atoms with Crippen LogP contribution in [0.4, 0.5) is 10.1 Å². The van der Waals surface area contributed by atoms with E-state index in [0.29, 0.717) is 29.4 Å². The van der Waals surface area contributed by atoms with Crippen molar-refractivity contribution in [1.82, 2.24) is 14.5 Å². The number of benzene rings is 2. The number of hydrogen-bond acceptors (Lipinski definition) is 6. The Kier molecular flexibility index (Phi) is 6.37. The molecule has 10 heteroatoms. The molecule has 2 heterocycles. The predicted octanol–water partition coefficient (Wildman–Crippen LogP) is 3.51. The van der Waals surface area contributed by atoms with Crippen molar-refractivity contribution in [2.75, 3.05) is 37.7 Å². The van der Waals surface area contributed by atoms with Crippen LogP contribution in [0.25, 0.3) is 21.7 Å². The number of phenols is 1. The highest BCUT2D eigenvalue weighted by atomic mass is 32.2. The fourth-order valence-corrected chi connectivity index (χ4v) is 5.34. The van der Waals surface area contributed by atoms with Crippen molar-refractivity contribution in [3.8, 4) is 11.6 Å². The van der Waals surface area contributed by atoms with Crippen LogP contribution in [0.15, 0.2) is 48.8 Å². The van der Waals surface area contributed by atoms with Gasteiger partial charge in [-0.2, -0.15) is 0 Å². The van der Waals surface area contributed by atoms with Gasteiger partial charge < -0.3 is 19.7 Å². The smallest absolute Gasteiger partial charge is 0.234 e. The van der Waals surface area contributed by atoms with E-state index in [1.807, 2.05) is 19.0 Å². The van der Waals surface area contributed by atoms with E-state index in [1.165, 1.54) is 34.2 Å². The molecule has 0 atom stereocenters. The van der Waals surface area contributed by atoms with Gasteiger partial charge in [-0.15, -0.1) is 0 Å². The Balaban J connectivity index is 1.89. The van der Waals surface area contributed by atoms with E-state index in [2.05, 4.69) is 4.98 Å². The number of nitrogens with zero attached hydrogens (tertiary/aromatic N) is 4. The Morgan fingerprint density at radius 3 is 2.44 bits per heavy atom. The van der Waals surface area contributed by atoms with Gasteiger partial charge in [-0.1, -0.05) is 12.1 Å². The highest BCUT2D eigenvalue weighted by Gasteiger charge is 2.27. The molecule has 0 fully saturated rings. The molecule has 0 spiro atoms. The molecule has 34 heavy (non-hydrogen) atoms. The van der Waals surface area contributed by atoms with Crippen molar-refractivity contribution in [2.45, 2.75) is 13.0 Å². The summed E-state index contributed by atoms with van der Waals surface area (Å²) in [5, 5.41) is 22.9. The second-order valence-electron chi connectivity index (χ2n) is 8.53. The summed E-state index contributed by atoms with van der Waals surface area (Å²) < 4.78 is 42.4. The molecule has 0 bridgehead atoms. The molecule has 0 unspecified atom stereocenters. The number of aromatic hydroxyl groups is 2. The summed E-state index contributed by atoms with van der Waals surface area (Å²) in [5.74, 6) is -0.898. The zero-order valence-corrected chi connectivity index (χ0v) is 20.0. The molecular weight excluding hydrogens is 459 g/mol. The molecule has 8 nitrogen and oxygen atoms in total. The minimum Gasteiger partial charge on any atom is -0.505 e. The van der Waals surface area contributed by atoms with E-state index in [0.717, 1.165) is 5.56 Å². The van der Waals surface area contributed by atoms with Crippen molar-refractivity contribution in [3.05, 3.63) is 60.2 Å². The fourth-order valence-electron chi connectivity index (χ4n) is 4.09. The zero-order chi connectivity index (χ0) is 24.6. The van der Waals surface area contributed by atoms with Gasteiger partial charge in [0, 0.05) is 30.2 Å². The number of halogens is 1. The molecule has 0 saturated carbocycles. The van der Waals surface area contributed by atoms with Crippen LogP contribution in [0, 0.1) is 5.82 Å². The maximum Gasteiger partial charge on any atom is 0.234 e. The molecule has 4 rings (SSSR count). The van der Waals surface area contributed by atoms with Gasteiger partial charge in [0.25, 0.3) is 0 Å². The molecule has 0 amide bonds. The van der Waals surface area contributed by atoms with Gasteiger partial charge >= 0.3 is 0 Å². The number of rotatable bonds is 8. The summed E-state index contributed by atoms with van der Waals surface area (Å²) in [6, 6.07) is 9.20. The van der Waals surface area contributed by atoms with Gasteiger partial charge in [0.2, 0.25) is 15.9 Å². The minimum atomic E-state index is -3.71. The van der Waals surface area contributed by atoms with Crippen LogP contribution in [-0.2, 0) is 16.6 Å². The number of anilines is 1. The van der Waals surface area contributed by atoms with Crippen molar-refractivity contribution < 1.29 is 23.0 Å². The minimum absolute atomic E-state index is 0.0614. The number of fused-ring (bicyclic) bond motifs is 2. The van der Waals surface area contributed by atoms with Crippen LogP contribution in [0.5, 0.6) is 11.6 Å². The van der Waals surface area contributed by atoms with E-state index in [1.54, 1.807) is 30.5 Å². The van der Waals surface area contributed by atoms with Gasteiger partial charge in [0.1, 0.15) is 11.3 Å². The SMILES string of the molecule is CN(C)CCCS(=O)(=O)N(C)c1c2cccnc2c(O)c2c(O)n(Cc3ccc(F)cc3)cc12. The van der Waals surface area contributed by atoms with E-state index < -0.39 is 10.0 Å². The van der Waals surface area contributed by atoms with Gasteiger partial charge in [0.05, 0.1) is 23.4 Å². The Morgan fingerprint density at radius 2 is 1.76 bits per heavy atom. The first kappa shape index (κ1) is 23.8. The van der Waals surface area contributed by atoms with E-state index in [4.69, 9.17) is 0 Å². The standard InChI is InChI=1S/C24H27FN4O4S/c1-27(2)12-5-13-34(32,33)28(3)22-18-6-4-11-26-21(18)23(30)20-19(22)15-29(24(20)31)14-16-7-9-17(25)10-8-16/h4,6-11,15,30-31H,5,12-14H2,1-3H3. The second-order valence-corrected chi connectivity index (χ2v) is 10.7. The van der Waals surface area contributed by atoms with Crippen LogP contribution in [0.1, 0.15) is 12.0 Å². The van der Waals surface area contributed by atoms with Crippen molar-refractivity contribution in [2.24, 2.45) is 0 Å². The molecule has 2 aromatic carbocycles. The molecule has 2 aromatic heterocycles. The number of sulfonamides is 1. The van der Waals surface area contributed by atoms with Crippen LogP contribution in [-0.4, -0.2) is 66.5 Å². The summed E-state index contributed by atoms with van der Waals surface area (Å²) in [6.07, 6.45) is 3.55. The quantitative estimate of drug-likeness (QED) is 0.396. The molecule has 180 valence electrons. The summed E-state index contributed by atoms with van der Waals surface area (Å²) in [5.41, 5.74) is 1.24. The van der Waals surface area contributed by atoms with Crippen LogP contribution in [0.2, 0.25) is 0 Å². The number of phenolic OH excluding ortho intramolecular Hbond substituents is 1. The Hall–Kier alpha value is -3.37. The normalized spacial score (nSPS) is 12.1. The lowest BCUT2D eigenvalue weighted by Gasteiger charge is -2.23. The molecule has 0 aliphatic heterocycles. The third-order valence-electron chi connectivity index (χ3n) is 5.83. The molecule has 2 N–H and O–H groups in total. The van der Waals surface area contributed by atoms with Crippen LogP contribution >= 0.6 is 0 Å². The first-order valence-corrected chi connectivity index (χ1v) is 12.4. The number of pyridine rings is 1. The van der Waals surface area contributed by atoms with Gasteiger partial charge in [0.15, 0.2) is 5.75 Å². The Morgan fingerprint density at radius 1 is 1.06 bits per heavy atom. The molecule has 0 saturated heterocycles. The molecular formula is C24H27FN4O4S. The predicted molar refractivity (Wildman–Crippen MR) is 131 cm³/mol. The molecule has 0 aliphatic rings. The maximum absolute atomic E-state index is 13.3. The van der Waals surface area contributed by atoms with Gasteiger partial charge in [-0.25, -0.2) is 12.8 Å². The van der Waals surface area contributed by atoms with E-state index >= 15 is 0 Å². The third kappa shape index (κ3) is 4.38. The van der Waals surface area contributed by atoms with Crippen molar-refractivity contribution in [3.63, 3.8) is 0 Å². The van der Waals surface area contributed by atoms with E-state index in [-0.39, 0.29) is 40.6 Å². The fraction of sp³-hybridized carbons (Fsp3) is 0.292. The lowest BCUT2D eigenvalue weighted by molar-refractivity contribution is 0.408. The first-order valence-electron chi connectivity index (χ1n) is 10.8. The summed E-state index contributed by atoms with van der Waals surface area (Å²) in [4.78, 5) is 6.16. The summed E-state index contributed by atoms with van der Waals surface area (Å²) in [6.45, 7) is 0.817. The molecule has 0 radical (unpaired) electrons. The highest BCUT2D eigenvalue weighted by Crippen LogP contribution is 2.46. The molecule has 0 aliphatic carbocycles. The van der Waals surface area contributed by atoms with Gasteiger partial charge in [-0.05, 0) is 56.9 Å². The van der Waals surface area contributed by atoms with E-state index in [9.17, 15) is 23.0 Å². The lowest BCUT2D eigenvalue weighted by atomic mass is 10.1. The van der Waals surface area contributed by atoms with Crippen molar-refractivity contribution in [1.29, 1.82) is 0 Å².